The fraction of sp³-hybridized carbons (Fsp3) is 0.733. The maximum absolute atomic E-state index is 11.7. The maximum atomic E-state index is 11.7. The predicted molar refractivity (Wildman–Crippen MR) is 70.4 cm³/mol. The van der Waals surface area contributed by atoms with Crippen molar-refractivity contribution in [2.45, 2.75) is 51.4 Å². The van der Waals surface area contributed by atoms with E-state index in [9.17, 15) is 9.59 Å². The number of ether oxygens (including phenoxy) is 2. The summed E-state index contributed by atoms with van der Waals surface area (Å²) in [6, 6.07) is 0. The van der Waals surface area contributed by atoms with E-state index in [-0.39, 0.29) is 30.0 Å². The predicted octanol–water partition coefficient (Wildman–Crippen LogP) is 2.76. The van der Waals surface area contributed by atoms with Crippen LogP contribution in [0, 0.1) is 5.41 Å². The topological polar surface area (TPSA) is 52.6 Å². The zero-order valence-corrected chi connectivity index (χ0v) is 11.6. The van der Waals surface area contributed by atoms with Gasteiger partial charge in [0, 0.05) is 24.3 Å². The van der Waals surface area contributed by atoms with Crippen molar-refractivity contribution >= 4 is 11.8 Å². The van der Waals surface area contributed by atoms with E-state index in [2.05, 4.69) is 4.74 Å². The van der Waals surface area contributed by atoms with Gasteiger partial charge in [0.15, 0.2) is 5.78 Å². The molecule has 1 heterocycles. The van der Waals surface area contributed by atoms with Gasteiger partial charge >= 0.3 is 5.97 Å². The molecule has 0 amide bonds. The fourth-order valence-corrected chi connectivity index (χ4v) is 3.01. The Kier molecular flexibility index (Phi) is 4.61. The van der Waals surface area contributed by atoms with Gasteiger partial charge in [-0.05, 0) is 12.8 Å². The molecule has 1 spiro atoms. The third-order valence-electron chi connectivity index (χ3n) is 4.15. The van der Waals surface area contributed by atoms with Crippen molar-refractivity contribution < 1.29 is 19.1 Å². The summed E-state index contributed by atoms with van der Waals surface area (Å²) in [4.78, 5) is 22.7. The lowest BCUT2D eigenvalue weighted by atomic mass is 9.73. The first-order chi connectivity index (χ1) is 9.13. The molecule has 2 fully saturated rings. The number of esters is 1. The van der Waals surface area contributed by atoms with Crippen LogP contribution in [-0.2, 0) is 19.1 Å². The molecule has 0 N–H and O–H groups in total. The highest BCUT2D eigenvalue weighted by molar-refractivity contribution is 5.92. The second-order valence-corrected chi connectivity index (χ2v) is 5.68. The van der Waals surface area contributed by atoms with E-state index in [0.717, 1.165) is 18.8 Å². The highest BCUT2D eigenvalue weighted by atomic mass is 16.5. The van der Waals surface area contributed by atoms with Gasteiger partial charge < -0.3 is 9.47 Å². The Morgan fingerprint density at radius 3 is 2.68 bits per heavy atom. The summed E-state index contributed by atoms with van der Waals surface area (Å²) in [5.41, 5.74) is 0.284. The first-order valence-corrected chi connectivity index (χ1v) is 7.07. The zero-order valence-electron chi connectivity index (χ0n) is 11.6. The summed E-state index contributed by atoms with van der Waals surface area (Å²) in [7, 11) is 1.33. The van der Waals surface area contributed by atoms with Gasteiger partial charge in [0.05, 0.1) is 20.1 Å². The maximum Gasteiger partial charge on any atom is 0.305 e. The number of carbonyl (C=O) groups is 2. The van der Waals surface area contributed by atoms with Gasteiger partial charge in [0.2, 0.25) is 0 Å². The molecular weight excluding hydrogens is 244 g/mol. The van der Waals surface area contributed by atoms with Crippen LogP contribution in [-0.4, -0.2) is 25.5 Å². The smallest absolute Gasteiger partial charge is 0.305 e. The van der Waals surface area contributed by atoms with Gasteiger partial charge in [0.25, 0.3) is 0 Å². The van der Waals surface area contributed by atoms with Crippen LogP contribution in [0.5, 0.6) is 0 Å². The number of hydrogen-bond acceptors (Lipinski definition) is 4. The van der Waals surface area contributed by atoms with Crippen LogP contribution in [0.15, 0.2) is 11.8 Å². The lowest BCUT2D eigenvalue weighted by molar-refractivity contribution is -0.141. The Bertz CT molecular complexity index is 378. The second kappa shape index (κ2) is 6.22. The first kappa shape index (κ1) is 14.1. The first-order valence-electron chi connectivity index (χ1n) is 7.07. The minimum atomic E-state index is -0.345. The number of ketones is 1. The van der Waals surface area contributed by atoms with Crippen LogP contribution in [0.1, 0.15) is 51.4 Å². The van der Waals surface area contributed by atoms with Gasteiger partial charge in [-0.2, -0.15) is 0 Å². The molecule has 19 heavy (non-hydrogen) atoms. The third kappa shape index (κ3) is 3.82. The molecule has 0 aromatic carbocycles. The van der Waals surface area contributed by atoms with Gasteiger partial charge in [-0.15, -0.1) is 0 Å². The molecule has 1 saturated carbocycles. The molecule has 0 bridgehead atoms. The summed E-state index contributed by atoms with van der Waals surface area (Å²) in [5.74, 6) is 0.410. The van der Waals surface area contributed by atoms with Gasteiger partial charge in [0.1, 0.15) is 5.76 Å². The molecule has 0 unspecified atom stereocenters. The number of rotatable bonds is 4. The quantitative estimate of drug-likeness (QED) is 0.580. The van der Waals surface area contributed by atoms with Crippen molar-refractivity contribution in [2.75, 3.05) is 13.7 Å². The Hall–Kier alpha value is -1.32. The minimum Gasteiger partial charge on any atom is -0.497 e. The highest BCUT2D eigenvalue weighted by Crippen LogP contribution is 2.46. The molecule has 1 aliphatic carbocycles. The van der Waals surface area contributed by atoms with E-state index in [0.29, 0.717) is 0 Å². The summed E-state index contributed by atoms with van der Waals surface area (Å²) in [5, 5.41) is 0. The van der Waals surface area contributed by atoms with E-state index in [1.54, 1.807) is 6.08 Å². The molecule has 4 heteroatoms. The zero-order chi connectivity index (χ0) is 13.7. The Labute approximate surface area is 114 Å². The molecule has 1 saturated heterocycles. The van der Waals surface area contributed by atoms with E-state index >= 15 is 0 Å². The van der Waals surface area contributed by atoms with E-state index in [1.807, 2.05) is 0 Å². The Balaban J connectivity index is 1.83. The summed E-state index contributed by atoms with van der Waals surface area (Å²) in [6.45, 7) is 0.753. The summed E-state index contributed by atoms with van der Waals surface area (Å²) < 4.78 is 10.2. The van der Waals surface area contributed by atoms with E-state index in [1.165, 1.54) is 39.2 Å². The lowest BCUT2D eigenvalue weighted by Gasteiger charge is -2.30. The summed E-state index contributed by atoms with van der Waals surface area (Å²) >= 11 is 0. The number of carbonyl (C=O) groups excluding carboxylic acids is 2. The van der Waals surface area contributed by atoms with E-state index < -0.39 is 0 Å². The van der Waals surface area contributed by atoms with Crippen molar-refractivity contribution in [3.63, 3.8) is 0 Å². The average molecular weight is 266 g/mol. The molecular formula is C15H22O4. The second-order valence-electron chi connectivity index (χ2n) is 5.68. The number of hydrogen-bond donors (Lipinski definition) is 0. The Morgan fingerprint density at radius 2 is 2.00 bits per heavy atom. The highest BCUT2D eigenvalue weighted by Gasteiger charge is 2.39. The van der Waals surface area contributed by atoms with Crippen molar-refractivity contribution in [1.82, 2.24) is 0 Å². The average Bonchev–Trinajstić information content (AvgIpc) is 2.79. The Morgan fingerprint density at radius 1 is 1.26 bits per heavy atom. The normalized spacial score (nSPS) is 23.3. The van der Waals surface area contributed by atoms with Crippen LogP contribution < -0.4 is 0 Å². The SMILES string of the molecule is COC(=O)CCC(=O)/C=C1/CC2(CCCCC2)CO1. The lowest BCUT2D eigenvalue weighted by Crippen LogP contribution is -2.23. The molecule has 0 aromatic heterocycles. The number of methoxy groups -OCH3 is 1. The third-order valence-corrected chi connectivity index (χ3v) is 4.15. The van der Waals surface area contributed by atoms with Crippen LogP contribution in [0.3, 0.4) is 0 Å². The van der Waals surface area contributed by atoms with Crippen LogP contribution >= 0.6 is 0 Å². The molecule has 0 atom stereocenters. The fourth-order valence-electron chi connectivity index (χ4n) is 3.01. The van der Waals surface area contributed by atoms with Gasteiger partial charge in [-0.1, -0.05) is 19.3 Å². The van der Waals surface area contributed by atoms with E-state index in [4.69, 9.17) is 4.74 Å². The van der Waals surface area contributed by atoms with Gasteiger partial charge in [-0.25, -0.2) is 0 Å². The monoisotopic (exact) mass is 266 g/mol. The molecule has 2 rings (SSSR count). The molecule has 0 radical (unpaired) electrons. The van der Waals surface area contributed by atoms with Gasteiger partial charge in [-0.3, -0.25) is 9.59 Å². The van der Waals surface area contributed by atoms with Crippen molar-refractivity contribution in [3.05, 3.63) is 11.8 Å². The molecule has 2 aliphatic rings. The number of allylic oxidation sites excluding steroid dienone is 2. The molecule has 1 aliphatic heterocycles. The molecule has 4 nitrogen and oxygen atoms in total. The van der Waals surface area contributed by atoms with Crippen molar-refractivity contribution in [2.24, 2.45) is 5.41 Å². The van der Waals surface area contributed by atoms with Crippen LogP contribution in [0.25, 0.3) is 0 Å². The molecule has 0 aromatic rings. The summed E-state index contributed by atoms with van der Waals surface area (Å²) in [6.07, 6.45) is 9.08. The minimum absolute atomic E-state index is 0.0479. The van der Waals surface area contributed by atoms with Crippen LogP contribution in [0.4, 0.5) is 0 Å². The standard InChI is InChI=1S/C15H22O4/c1-18-14(17)6-5-12(16)9-13-10-15(11-19-13)7-3-2-4-8-15/h9H,2-8,10-11H2,1H3/b13-9-. The van der Waals surface area contributed by atoms with Crippen molar-refractivity contribution in [1.29, 1.82) is 0 Å². The molecule has 106 valence electrons. The van der Waals surface area contributed by atoms with Crippen molar-refractivity contribution in [3.8, 4) is 0 Å². The van der Waals surface area contributed by atoms with Crippen LogP contribution in [0.2, 0.25) is 0 Å². The largest absolute Gasteiger partial charge is 0.497 e.